The molecule has 0 spiro atoms. The number of benzene rings is 1. The van der Waals surface area contributed by atoms with E-state index < -0.39 is 0 Å². The largest absolute Gasteiger partial charge is 0.340 e. The Bertz CT molecular complexity index is 407. The standard InChI is InChI=1S/C15H23N3O/c1-17(15(19)10-16)14-8-5-9-18(12-14)11-13-6-3-2-4-7-13/h2-4,6-7,14H,5,8-12,16H2,1H3/t14-/m1/s1. The molecular formula is C15H23N3O. The number of hydrogen-bond acceptors (Lipinski definition) is 3. The van der Waals surface area contributed by atoms with Gasteiger partial charge in [-0.05, 0) is 24.9 Å². The van der Waals surface area contributed by atoms with Crippen molar-refractivity contribution in [2.75, 3.05) is 26.7 Å². The quantitative estimate of drug-likeness (QED) is 0.882. The molecule has 1 heterocycles. The Morgan fingerprint density at radius 2 is 2.16 bits per heavy atom. The van der Waals surface area contributed by atoms with Crippen molar-refractivity contribution in [3.8, 4) is 0 Å². The molecule has 1 aliphatic heterocycles. The van der Waals surface area contributed by atoms with Gasteiger partial charge in [-0.25, -0.2) is 0 Å². The fraction of sp³-hybridized carbons (Fsp3) is 0.533. The van der Waals surface area contributed by atoms with Crippen molar-refractivity contribution in [1.29, 1.82) is 0 Å². The molecular weight excluding hydrogens is 238 g/mol. The van der Waals surface area contributed by atoms with Crippen molar-refractivity contribution in [3.05, 3.63) is 35.9 Å². The van der Waals surface area contributed by atoms with Gasteiger partial charge in [0.1, 0.15) is 0 Å². The van der Waals surface area contributed by atoms with Gasteiger partial charge in [0.2, 0.25) is 5.91 Å². The van der Waals surface area contributed by atoms with E-state index in [0.29, 0.717) is 6.04 Å². The number of piperidine rings is 1. The predicted octanol–water partition coefficient (Wildman–Crippen LogP) is 1.07. The van der Waals surface area contributed by atoms with Gasteiger partial charge in [0.25, 0.3) is 0 Å². The topological polar surface area (TPSA) is 49.6 Å². The van der Waals surface area contributed by atoms with Crippen LogP contribution in [-0.4, -0.2) is 48.4 Å². The number of nitrogens with zero attached hydrogens (tertiary/aromatic N) is 2. The van der Waals surface area contributed by atoms with Crippen LogP contribution in [-0.2, 0) is 11.3 Å². The van der Waals surface area contributed by atoms with E-state index in [1.54, 1.807) is 0 Å². The molecule has 4 heteroatoms. The predicted molar refractivity (Wildman–Crippen MR) is 76.6 cm³/mol. The van der Waals surface area contributed by atoms with Crippen molar-refractivity contribution in [1.82, 2.24) is 9.80 Å². The Morgan fingerprint density at radius 3 is 2.84 bits per heavy atom. The summed E-state index contributed by atoms with van der Waals surface area (Å²) in [5.74, 6) is 0.0339. The zero-order valence-corrected chi connectivity index (χ0v) is 11.6. The maximum Gasteiger partial charge on any atom is 0.236 e. The van der Waals surface area contributed by atoms with Crippen LogP contribution in [0.3, 0.4) is 0 Å². The summed E-state index contributed by atoms with van der Waals surface area (Å²) in [6.45, 7) is 3.11. The molecule has 1 aliphatic rings. The Morgan fingerprint density at radius 1 is 1.42 bits per heavy atom. The first-order chi connectivity index (χ1) is 9.20. The van der Waals surface area contributed by atoms with Crippen LogP contribution in [0.25, 0.3) is 0 Å². The van der Waals surface area contributed by atoms with Gasteiger partial charge in [0.05, 0.1) is 6.54 Å². The fourth-order valence-corrected chi connectivity index (χ4v) is 2.68. The summed E-state index contributed by atoms with van der Waals surface area (Å²) in [5.41, 5.74) is 6.76. The molecule has 2 N–H and O–H groups in total. The maximum atomic E-state index is 11.7. The number of hydrogen-bond donors (Lipinski definition) is 1. The third-order valence-electron chi connectivity index (χ3n) is 3.85. The molecule has 0 bridgehead atoms. The van der Waals surface area contributed by atoms with E-state index >= 15 is 0 Å². The van der Waals surface area contributed by atoms with Crippen molar-refractivity contribution in [3.63, 3.8) is 0 Å². The van der Waals surface area contributed by atoms with Gasteiger partial charge in [-0.15, -0.1) is 0 Å². The molecule has 2 rings (SSSR count). The molecule has 19 heavy (non-hydrogen) atoms. The molecule has 1 atom stereocenters. The SMILES string of the molecule is CN(C(=O)CN)[C@@H]1CCCN(Cc2ccccc2)C1. The second-order valence-corrected chi connectivity index (χ2v) is 5.23. The second-order valence-electron chi connectivity index (χ2n) is 5.23. The summed E-state index contributed by atoms with van der Waals surface area (Å²) in [6.07, 6.45) is 2.22. The first-order valence-electron chi connectivity index (χ1n) is 6.92. The highest BCUT2D eigenvalue weighted by Crippen LogP contribution is 2.17. The smallest absolute Gasteiger partial charge is 0.236 e. The van der Waals surface area contributed by atoms with E-state index in [4.69, 9.17) is 5.73 Å². The molecule has 0 aromatic heterocycles. The zero-order valence-electron chi connectivity index (χ0n) is 11.6. The number of carbonyl (C=O) groups is 1. The lowest BCUT2D eigenvalue weighted by Crippen LogP contribution is -2.49. The molecule has 1 fully saturated rings. The van der Waals surface area contributed by atoms with Crippen LogP contribution in [0.2, 0.25) is 0 Å². The normalized spacial score (nSPS) is 20.2. The van der Waals surface area contributed by atoms with Crippen molar-refractivity contribution < 1.29 is 4.79 Å². The van der Waals surface area contributed by atoms with Gasteiger partial charge in [-0.2, -0.15) is 0 Å². The third-order valence-corrected chi connectivity index (χ3v) is 3.85. The van der Waals surface area contributed by atoms with Gasteiger partial charge in [0.15, 0.2) is 0 Å². The number of rotatable bonds is 4. The van der Waals surface area contributed by atoms with Crippen LogP contribution in [0.5, 0.6) is 0 Å². The maximum absolute atomic E-state index is 11.7. The first-order valence-corrected chi connectivity index (χ1v) is 6.92. The van der Waals surface area contributed by atoms with Gasteiger partial charge in [0, 0.05) is 26.2 Å². The van der Waals surface area contributed by atoms with E-state index in [2.05, 4.69) is 29.2 Å². The Hall–Kier alpha value is -1.39. The number of amides is 1. The summed E-state index contributed by atoms with van der Waals surface area (Å²) < 4.78 is 0. The molecule has 1 aromatic rings. The summed E-state index contributed by atoms with van der Waals surface area (Å²) in [5, 5.41) is 0. The molecule has 104 valence electrons. The number of nitrogens with two attached hydrogens (primary N) is 1. The van der Waals surface area contributed by atoms with Crippen molar-refractivity contribution in [2.45, 2.75) is 25.4 Å². The lowest BCUT2D eigenvalue weighted by molar-refractivity contribution is -0.131. The monoisotopic (exact) mass is 261 g/mol. The van der Waals surface area contributed by atoms with Crippen LogP contribution in [0.1, 0.15) is 18.4 Å². The minimum absolute atomic E-state index is 0.0339. The molecule has 0 saturated carbocycles. The van der Waals surface area contributed by atoms with Crippen LogP contribution in [0, 0.1) is 0 Å². The lowest BCUT2D eigenvalue weighted by atomic mass is 10.0. The molecule has 1 aromatic carbocycles. The number of likely N-dealkylation sites (tertiary alicyclic amines) is 1. The lowest BCUT2D eigenvalue weighted by Gasteiger charge is -2.37. The first kappa shape index (κ1) is 14.0. The van der Waals surface area contributed by atoms with Crippen LogP contribution in [0.4, 0.5) is 0 Å². The molecule has 0 aliphatic carbocycles. The number of carbonyl (C=O) groups excluding carboxylic acids is 1. The zero-order chi connectivity index (χ0) is 13.7. The summed E-state index contributed by atoms with van der Waals surface area (Å²) in [4.78, 5) is 15.9. The van der Waals surface area contributed by atoms with E-state index in [9.17, 15) is 4.79 Å². The molecule has 4 nitrogen and oxygen atoms in total. The van der Waals surface area contributed by atoms with Crippen molar-refractivity contribution >= 4 is 5.91 Å². The highest BCUT2D eigenvalue weighted by Gasteiger charge is 2.25. The van der Waals surface area contributed by atoms with Gasteiger partial charge >= 0.3 is 0 Å². The van der Waals surface area contributed by atoms with Crippen LogP contribution >= 0.6 is 0 Å². The Kier molecular flexibility index (Phi) is 4.93. The minimum Gasteiger partial charge on any atom is -0.340 e. The Labute approximate surface area is 115 Å². The molecule has 0 unspecified atom stereocenters. The third kappa shape index (κ3) is 3.78. The average molecular weight is 261 g/mol. The number of likely N-dealkylation sites (N-methyl/N-ethyl adjacent to an activating group) is 1. The van der Waals surface area contributed by atoms with Gasteiger partial charge < -0.3 is 10.6 Å². The van der Waals surface area contributed by atoms with Crippen LogP contribution in [0.15, 0.2) is 30.3 Å². The van der Waals surface area contributed by atoms with Gasteiger partial charge in [-0.1, -0.05) is 30.3 Å². The minimum atomic E-state index is 0.0339. The van der Waals surface area contributed by atoms with E-state index in [-0.39, 0.29) is 12.5 Å². The molecule has 0 radical (unpaired) electrons. The second kappa shape index (κ2) is 6.68. The highest BCUT2D eigenvalue weighted by molar-refractivity contribution is 5.78. The summed E-state index contributed by atoms with van der Waals surface area (Å²) >= 11 is 0. The van der Waals surface area contributed by atoms with Crippen LogP contribution < -0.4 is 5.73 Å². The molecule has 1 amide bonds. The average Bonchev–Trinajstić information content (AvgIpc) is 2.47. The van der Waals surface area contributed by atoms with E-state index in [1.165, 1.54) is 5.56 Å². The van der Waals surface area contributed by atoms with E-state index in [1.807, 2.05) is 18.0 Å². The Balaban J connectivity index is 1.92. The van der Waals surface area contributed by atoms with E-state index in [0.717, 1.165) is 32.5 Å². The summed E-state index contributed by atoms with van der Waals surface area (Å²) in [7, 11) is 1.87. The fourth-order valence-electron chi connectivity index (χ4n) is 2.68. The highest BCUT2D eigenvalue weighted by atomic mass is 16.2. The summed E-state index contributed by atoms with van der Waals surface area (Å²) in [6, 6.07) is 10.8. The molecule has 1 saturated heterocycles. The van der Waals surface area contributed by atoms with Crippen molar-refractivity contribution in [2.24, 2.45) is 5.73 Å². The van der Waals surface area contributed by atoms with Gasteiger partial charge in [-0.3, -0.25) is 9.69 Å².